The molecule has 1 aromatic rings. The fourth-order valence-electron chi connectivity index (χ4n) is 1.99. The summed E-state index contributed by atoms with van der Waals surface area (Å²) in [7, 11) is 0. The van der Waals surface area contributed by atoms with Gasteiger partial charge in [-0.05, 0) is 13.8 Å². The molecule has 1 aromatic carbocycles. The van der Waals surface area contributed by atoms with Crippen LogP contribution in [0.4, 0.5) is 0 Å². The van der Waals surface area contributed by atoms with Crippen LogP contribution in [0.2, 0.25) is 0 Å². The molecule has 92 valence electrons. The molecule has 0 heterocycles. The van der Waals surface area contributed by atoms with Gasteiger partial charge in [0.05, 0.1) is 25.0 Å². The van der Waals surface area contributed by atoms with Crippen LogP contribution < -0.4 is 17.0 Å². The quantitative estimate of drug-likeness (QED) is 0.516. The summed E-state index contributed by atoms with van der Waals surface area (Å²) in [6.45, 7) is 9.35. The van der Waals surface area contributed by atoms with Crippen LogP contribution in [0.25, 0.3) is 0 Å². The first-order chi connectivity index (χ1) is 7.26. The molecule has 0 saturated heterocycles. The second-order valence-corrected chi connectivity index (χ2v) is 4.82. The highest BCUT2D eigenvalue weighted by Gasteiger charge is 2.22. The van der Waals surface area contributed by atoms with E-state index in [4.69, 9.17) is 0 Å². The van der Waals surface area contributed by atoms with E-state index >= 15 is 0 Å². The van der Waals surface area contributed by atoms with E-state index in [-0.39, 0.29) is 17.0 Å². The molecule has 0 aliphatic carbocycles. The molecule has 0 radical (unpaired) electrons. The minimum Gasteiger partial charge on any atom is -1.00 e. The number of halogens is 2. The van der Waals surface area contributed by atoms with Gasteiger partial charge in [0.15, 0.2) is 0 Å². The van der Waals surface area contributed by atoms with Gasteiger partial charge in [-0.2, -0.15) is 0 Å². The van der Waals surface area contributed by atoms with Crippen LogP contribution in [0.15, 0.2) is 30.3 Å². The Morgan fingerprint density at radius 1 is 1.06 bits per heavy atom. The van der Waals surface area contributed by atoms with Gasteiger partial charge in [-0.15, -0.1) is 0 Å². The van der Waals surface area contributed by atoms with Gasteiger partial charge in [0.25, 0.3) is 0 Å². The van der Waals surface area contributed by atoms with Crippen LogP contribution in [0, 0.1) is 0 Å². The monoisotopic (exact) mass is 349 g/mol. The minimum atomic E-state index is 0. The average Bonchev–Trinajstić information content (AvgIpc) is 2.30. The van der Waals surface area contributed by atoms with E-state index in [0.717, 1.165) is 11.9 Å². The summed E-state index contributed by atoms with van der Waals surface area (Å²) in [6.07, 6.45) is 0. The summed E-state index contributed by atoms with van der Waals surface area (Å²) in [5, 5.41) is 1.08. The smallest absolute Gasteiger partial charge is 0.104 e. The molecule has 1 nitrogen and oxygen atoms in total. The molecule has 0 atom stereocenters. The molecule has 0 bridgehead atoms. The third-order valence-corrected chi connectivity index (χ3v) is 3.62. The van der Waals surface area contributed by atoms with Crippen LogP contribution >= 0.6 is 15.9 Å². The van der Waals surface area contributed by atoms with Crippen molar-refractivity contribution in [3.8, 4) is 0 Å². The molecule has 0 spiro atoms. The van der Waals surface area contributed by atoms with Crippen LogP contribution in [-0.4, -0.2) is 29.4 Å². The number of rotatable bonds is 6. The molecule has 0 amide bonds. The normalized spacial score (nSPS) is 10.9. The van der Waals surface area contributed by atoms with E-state index in [2.05, 4.69) is 60.1 Å². The summed E-state index contributed by atoms with van der Waals surface area (Å²) >= 11 is 3.56. The summed E-state index contributed by atoms with van der Waals surface area (Å²) in [5.41, 5.74) is 1.45. The van der Waals surface area contributed by atoms with Crippen molar-refractivity contribution >= 4 is 15.9 Å². The van der Waals surface area contributed by atoms with Gasteiger partial charge in [0.1, 0.15) is 6.54 Å². The number of alkyl halides is 1. The molecule has 0 N–H and O–H groups in total. The van der Waals surface area contributed by atoms with Gasteiger partial charge in [-0.1, -0.05) is 46.3 Å². The largest absolute Gasteiger partial charge is 1.00 e. The van der Waals surface area contributed by atoms with Crippen LogP contribution in [0.1, 0.15) is 19.4 Å². The Kier molecular flexibility index (Phi) is 8.34. The maximum Gasteiger partial charge on any atom is 0.104 e. The number of quaternary nitrogens is 1. The van der Waals surface area contributed by atoms with Gasteiger partial charge in [0.2, 0.25) is 0 Å². The lowest BCUT2D eigenvalue weighted by Crippen LogP contribution is -3.00. The molecule has 16 heavy (non-hydrogen) atoms. The highest BCUT2D eigenvalue weighted by atomic mass is 79.9. The predicted molar refractivity (Wildman–Crippen MR) is 70.1 cm³/mol. The molecule has 3 heteroatoms. The number of benzene rings is 1. The van der Waals surface area contributed by atoms with Gasteiger partial charge in [-0.25, -0.2) is 0 Å². The van der Waals surface area contributed by atoms with Crippen molar-refractivity contribution in [2.45, 2.75) is 20.4 Å². The zero-order valence-electron chi connectivity index (χ0n) is 10.1. The molecule has 0 fully saturated rings. The summed E-state index contributed by atoms with van der Waals surface area (Å²) in [6, 6.07) is 10.8. The zero-order valence-corrected chi connectivity index (χ0v) is 13.3. The average molecular weight is 351 g/mol. The fraction of sp³-hybridized carbons (Fsp3) is 0.538. The number of hydrogen-bond acceptors (Lipinski definition) is 0. The molecule has 0 saturated carbocycles. The van der Waals surface area contributed by atoms with Gasteiger partial charge >= 0.3 is 0 Å². The van der Waals surface area contributed by atoms with Gasteiger partial charge < -0.3 is 21.5 Å². The Morgan fingerprint density at radius 3 is 2.06 bits per heavy atom. The Labute approximate surface area is 118 Å². The second kappa shape index (κ2) is 8.26. The third kappa shape index (κ3) is 4.56. The van der Waals surface area contributed by atoms with Gasteiger partial charge in [0, 0.05) is 5.56 Å². The zero-order chi connectivity index (χ0) is 11.1. The number of nitrogens with zero attached hydrogens (tertiary/aromatic N) is 1. The highest BCUT2D eigenvalue weighted by molar-refractivity contribution is 9.09. The van der Waals surface area contributed by atoms with Crippen molar-refractivity contribution in [1.82, 2.24) is 0 Å². The third-order valence-electron chi connectivity index (χ3n) is 3.26. The molecule has 1 rings (SSSR count). The number of hydrogen-bond donors (Lipinski definition) is 0. The highest BCUT2D eigenvalue weighted by Crippen LogP contribution is 2.14. The first-order valence-corrected chi connectivity index (χ1v) is 6.83. The van der Waals surface area contributed by atoms with Crippen LogP contribution in [0.5, 0.6) is 0 Å². The van der Waals surface area contributed by atoms with Crippen molar-refractivity contribution in [2.75, 3.05) is 25.0 Å². The Hall–Kier alpha value is 0.140. The summed E-state index contributed by atoms with van der Waals surface area (Å²) in [4.78, 5) is 0. The van der Waals surface area contributed by atoms with E-state index < -0.39 is 0 Å². The standard InChI is InChI=1S/C13H21BrN.BrH/c1-3-15(4-2,11-10-14)12-13-8-6-5-7-9-13;/h5-9H,3-4,10-12H2,1-2H3;1H/q+1;/p-1. The summed E-state index contributed by atoms with van der Waals surface area (Å²) < 4.78 is 1.18. The van der Waals surface area contributed by atoms with Crippen LogP contribution in [0.3, 0.4) is 0 Å². The first-order valence-electron chi connectivity index (χ1n) is 5.71. The van der Waals surface area contributed by atoms with Crippen molar-refractivity contribution < 1.29 is 21.5 Å². The lowest BCUT2D eigenvalue weighted by Gasteiger charge is -2.36. The van der Waals surface area contributed by atoms with Crippen molar-refractivity contribution in [3.05, 3.63) is 35.9 Å². The Bertz CT molecular complexity index is 271. The van der Waals surface area contributed by atoms with E-state index in [1.54, 1.807) is 0 Å². The summed E-state index contributed by atoms with van der Waals surface area (Å²) in [5.74, 6) is 0. The van der Waals surface area contributed by atoms with Crippen LogP contribution in [-0.2, 0) is 6.54 Å². The predicted octanol–water partition coefficient (Wildman–Crippen LogP) is 0.442. The SMILES string of the molecule is CC[N+](CC)(CCBr)Cc1ccccc1.[Br-]. The first kappa shape index (κ1) is 16.1. The van der Waals surface area contributed by atoms with Crippen molar-refractivity contribution in [1.29, 1.82) is 0 Å². The van der Waals surface area contributed by atoms with E-state index in [1.807, 2.05) is 0 Å². The van der Waals surface area contributed by atoms with Crippen molar-refractivity contribution in [2.24, 2.45) is 0 Å². The van der Waals surface area contributed by atoms with E-state index in [0.29, 0.717) is 0 Å². The topological polar surface area (TPSA) is 0 Å². The lowest BCUT2D eigenvalue weighted by molar-refractivity contribution is -0.935. The maximum absolute atomic E-state index is 3.56. The lowest BCUT2D eigenvalue weighted by atomic mass is 10.2. The second-order valence-electron chi connectivity index (χ2n) is 4.03. The molecule has 0 unspecified atom stereocenters. The maximum atomic E-state index is 3.56. The fourth-order valence-corrected chi connectivity index (χ4v) is 2.74. The molecule has 0 aliphatic heterocycles. The van der Waals surface area contributed by atoms with Crippen molar-refractivity contribution in [3.63, 3.8) is 0 Å². The molecular weight excluding hydrogens is 330 g/mol. The molecule has 0 aromatic heterocycles. The Balaban J connectivity index is 0.00000225. The molecular formula is C13H21Br2N. The minimum absolute atomic E-state index is 0. The van der Waals surface area contributed by atoms with Gasteiger partial charge in [-0.3, -0.25) is 0 Å². The van der Waals surface area contributed by atoms with E-state index in [1.165, 1.54) is 29.7 Å². The Morgan fingerprint density at radius 2 is 1.62 bits per heavy atom. The van der Waals surface area contributed by atoms with E-state index in [9.17, 15) is 0 Å². The molecule has 0 aliphatic rings.